The van der Waals surface area contributed by atoms with E-state index in [1.807, 2.05) is 0 Å². The highest BCUT2D eigenvalue weighted by atomic mass is 16.5. The van der Waals surface area contributed by atoms with Gasteiger partial charge in [-0.3, -0.25) is 14.5 Å². The molecule has 1 spiro atoms. The number of hydrogen-bond donors (Lipinski definition) is 1. The van der Waals surface area contributed by atoms with Crippen LogP contribution in [0.1, 0.15) is 56.0 Å². The molecule has 2 atom stereocenters. The quantitative estimate of drug-likeness (QED) is 0.585. The number of ether oxygens (including phenoxy) is 2. The molecule has 1 aliphatic heterocycles. The fraction of sp³-hybridized carbons (Fsp3) is 0.545. The van der Waals surface area contributed by atoms with E-state index in [1.54, 1.807) is 24.3 Å². The number of imide groups is 1. The number of urea groups is 1. The van der Waals surface area contributed by atoms with Crippen molar-refractivity contribution in [2.75, 3.05) is 13.7 Å². The first kappa shape index (κ1) is 21.8. The Kier molecular flexibility index (Phi) is 5.87. The molecule has 1 N–H and O–H groups in total. The molecule has 0 unspecified atom stereocenters. The van der Waals surface area contributed by atoms with Crippen LogP contribution in [0, 0.1) is 11.3 Å². The standard InChI is InChI=1S/C22H28N2O6/c1-14-9-21(2,3)13-22(10-14)19(27)24(20(28)23-22)11-17(25)30-12-15-5-7-16(8-6-15)18(26)29-4/h5-8,14H,9-13H2,1-4H3,(H,23,28)/t14-,22-/m1/s1. The number of methoxy groups -OCH3 is 1. The van der Waals surface area contributed by atoms with E-state index < -0.39 is 30.1 Å². The number of amides is 3. The molecule has 2 fully saturated rings. The number of benzene rings is 1. The van der Waals surface area contributed by atoms with E-state index in [2.05, 4.69) is 30.8 Å². The molecular formula is C22H28N2O6. The summed E-state index contributed by atoms with van der Waals surface area (Å²) in [6.45, 7) is 5.80. The van der Waals surface area contributed by atoms with Crippen LogP contribution < -0.4 is 5.32 Å². The molecule has 1 saturated carbocycles. The van der Waals surface area contributed by atoms with Crippen LogP contribution in [0.25, 0.3) is 0 Å². The van der Waals surface area contributed by atoms with Gasteiger partial charge < -0.3 is 14.8 Å². The number of rotatable bonds is 5. The average molecular weight is 416 g/mol. The molecule has 1 aromatic rings. The van der Waals surface area contributed by atoms with Gasteiger partial charge in [0.15, 0.2) is 0 Å². The van der Waals surface area contributed by atoms with Gasteiger partial charge in [0.2, 0.25) is 0 Å². The predicted octanol–water partition coefficient (Wildman–Crippen LogP) is 2.65. The lowest BCUT2D eigenvalue weighted by atomic mass is 9.64. The Morgan fingerprint density at radius 1 is 1.17 bits per heavy atom. The summed E-state index contributed by atoms with van der Waals surface area (Å²) in [7, 11) is 1.30. The predicted molar refractivity (Wildman–Crippen MR) is 107 cm³/mol. The molecule has 0 aromatic heterocycles. The number of nitrogens with one attached hydrogen (secondary N) is 1. The van der Waals surface area contributed by atoms with Gasteiger partial charge in [-0.15, -0.1) is 0 Å². The zero-order valence-electron chi connectivity index (χ0n) is 17.8. The van der Waals surface area contributed by atoms with Crippen molar-refractivity contribution in [1.29, 1.82) is 0 Å². The molecule has 0 radical (unpaired) electrons. The largest absolute Gasteiger partial charge is 0.465 e. The van der Waals surface area contributed by atoms with Crippen molar-refractivity contribution < 1.29 is 28.7 Å². The molecule has 8 heteroatoms. The Morgan fingerprint density at radius 3 is 2.43 bits per heavy atom. The smallest absolute Gasteiger partial charge is 0.337 e. The highest BCUT2D eigenvalue weighted by molar-refractivity contribution is 6.08. The van der Waals surface area contributed by atoms with Crippen molar-refractivity contribution >= 4 is 23.9 Å². The Bertz CT molecular complexity index is 863. The Hall–Kier alpha value is -2.90. The highest BCUT2D eigenvalue weighted by Gasteiger charge is 2.56. The van der Waals surface area contributed by atoms with Crippen LogP contribution in [-0.2, 0) is 25.7 Å². The molecule has 162 valence electrons. The summed E-state index contributed by atoms with van der Waals surface area (Å²) in [5, 5.41) is 2.84. The van der Waals surface area contributed by atoms with Gasteiger partial charge in [0.05, 0.1) is 12.7 Å². The molecule has 30 heavy (non-hydrogen) atoms. The summed E-state index contributed by atoms with van der Waals surface area (Å²) >= 11 is 0. The van der Waals surface area contributed by atoms with Crippen LogP contribution in [0.3, 0.4) is 0 Å². The molecule has 2 aliphatic rings. The summed E-state index contributed by atoms with van der Waals surface area (Å²) in [5.41, 5.74) is 0.0461. The lowest BCUT2D eigenvalue weighted by Gasteiger charge is -2.43. The third-order valence-electron chi connectivity index (χ3n) is 5.69. The van der Waals surface area contributed by atoms with Gasteiger partial charge in [-0.05, 0) is 48.3 Å². The zero-order valence-corrected chi connectivity index (χ0v) is 17.8. The maximum Gasteiger partial charge on any atom is 0.337 e. The first-order chi connectivity index (χ1) is 14.0. The first-order valence-electron chi connectivity index (χ1n) is 10.0. The number of carbonyl (C=O) groups is 4. The molecule has 1 saturated heterocycles. The second-order valence-corrected chi connectivity index (χ2v) is 9.11. The fourth-order valence-corrected chi connectivity index (χ4v) is 4.84. The topological polar surface area (TPSA) is 102 Å². The van der Waals surface area contributed by atoms with E-state index >= 15 is 0 Å². The fourth-order valence-electron chi connectivity index (χ4n) is 4.84. The van der Waals surface area contributed by atoms with Crippen LogP contribution in [0.2, 0.25) is 0 Å². The number of carbonyl (C=O) groups excluding carboxylic acids is 4. The highest BCUT2D eigenvalue weighted by Crippen LogP contribution is 2.46. The van der Waals surface area contributed by atoms with E-state index in [-0.39, 0.29) is 23.8 Å². The molecule has 1 heterocycles. The van der Waals surface area contributed by atoms with Crippen molar-refractivity contribution in [3.63, 3.8) is 0 Å². The van der Waals surface area contributed by atoms with Gasteiger partial charge >= 0.3 is 18.0 Å². The summed E-state index contributed by atoms with van der Waals surface area (Å²) in [6.07, 6.45) is 2.10. The third kappa shape index (κ3) is 4.47. The Morgan fingerprint density at radius 2 is 1.83 bits per heavy atom. The van der Waals surface area contributed by atoms with E-state index in [9.17, 15) is 19.2 Å². The molecule has 1 aromatic carbocycles. The molecule has 3 rings (SSSR count). The molecule has 8 nitrogen and oxygen atoms in total. The molecule has 3 amide bonds. The first-order valence-corrected chi connectivity index (χ1v) is 10.0. The van der Waals surface area contributed by atoms with E-state index in [0.717, 1.165) is 11.3 Å². The van der Waals surface area contributed by atoms with Crippen molar-refractivity contribution in [1.82, 2.24) is 10.2 Å². The minimum absolute atomic E-state index is 0.0286. The van der Waals surface area contributed by atoms with E-state index in [1.165, 1.54) is 7.11 Å². The maximum atomic E-state index is 13.1. The normalized spacial score (nSPS) is 25.2. The zero-order chi connectivity index (χ0) is 22.1. The minimum atomic E-state index is -0.942. The Balaban J connectivity index is 1.59. The van der Waals surface area contributed by atoms with Gasteiger partial charge in [-0.2, -0.15) is 0 Å². The minimum Gasteiger partial charge on any atom is -0.465 e. The molecule has 0 bridgehead atoms. The molecule has 1 aliphatic carbocycles. The second-order valence-electron chi connectivity index (χ2n) is 9.11. The summed E-state index contributed by atoms with van der Waals surface area (Å²) in [5.74, 6) is -1.19. The van der Waals surface area contributed by atoms with Crippen molar-refractivity contribution in [3.05, 3.63) is 35.4 Å². The van der Waals surface area contributed by atoms with Crippen molar-refractivity contribution in [3.8, 4) is 0 Å². The van der Waals surface area contributed by atoms with Gasteiger partial charge in [0.1, 0.15) is 18.7 Å². The number of hydrogen-bond acceptors (Lipinski definition) is 6. The van der Waals surface area contributed by atoms with Crippen molar-refractivity contribution in [2.45, 2.75) is 52.2 Å². The van der Waals surface area contributed by atoms with Gasteiger partial charge in [0, 0.05) is 0 Å². The van der Waals surface area contributed by atoms with E-state index in [4.69, 9.17) is 4.74 Å². The summed E-state index contributed by atoms with van der Waals surface area (Å²) in [4.78, 5) is 50.2. The number of nitrogens with zero attached hydrogens (tertiary/aromatic N) is 1. The van der Waals surface area contributed by atoms with Crippen LogP contribution in [-0.4, -0.2) is 48.0 Å². The van der Waals surface area contributed by atoms with E-state index in [0.29, 0.717) is 24.0 Å². The lowest BCUT2D eigenvalue weighted by Crippen LogP contribution is -2.54. The number of esters is 2. The van der Waals surface area contributed by atoms with Crippen LogP contribution in [0.15, 0.2) is 24.3 Å². The second kappa shape index (κ2) is 8.08. The molecular weight excluding hydrogens is 388 g/mol. The summed E-state index contributed by atoms with van der Waals surface area (Å²) in [6, 6.07) is 5.88. The third-order valence-corrected chi connectivity index (χ3v) is 5.69. The van der Waals surface area contributed by atoms with Crippen LogP contribution in [0.5, 0.6) is 0 Å². The Labute approximate surface area is 175 Å². The average Bonchev–Trinajstić information content (AvgIpc) is 2.87. The van der Waals surface area contributed by atoms with Crippen LogP contribution in [0.4, 0.5) is 4.79 Å². The van der Waals surface area contributed by atoms with Gasteiger partial charge in [-0.25, -0.2) is 9.59 Å². The van der Waals surface area contributed by atoms with Crippen LogP contribution >= 0.6 is 0 Å². The van der Waals surface area contributed by atoms with Gasteiger partial charge in [-0.1, -0.05) is 32.9 Å². The summed E-state index contributed by atoms with van der Waals surface area (Å²) < 4.78 is 9.86. The monoisotopic (exact) mass is 416 g/mol. The maximum absolute atomic E-state index is 13.1. The van der Waals surface area contributed by atoms with Gasteiger partial charge in [0.25, 0.3) is 5.91 Å². The SMILES string of the molecule is COC(=O)c1ccc(COC(=O)CN2C(=O)N[C@@]3(C[C@H](C)CC(C)(C)C3)C2=O)cc1. The lowest BCUT2D eigenvalue weighted by molar-refractivity contribution is -0.149. The van der Waals surface area contributed by atoms with Crippen molar-refractivity contribution in [2.24, 2.45) is 11.3 Å².